The Labute approximate surface area is 132 Å². The van der Waals surface area contributed by atoms with Gasteiger partial charge in [-0.2, -0.15) is 0 Å². The van der Waals surface area contributed by atoms with Crippen LogP contribution in [0.5, 0.6) is 11.5 Å². The monoisotopic (exact) mass is 344 g/mol. The molecule has 107 valence electrons. The number of benzene rings is 2. The van der Waals surface area contributed by atoms with Crippen molar-refractivity contribution in [1.29, 1.82) is 0 Å². The van der Waals surface area contributed by atoms with Gasteiger partial charge in [0.2, 0.25) is 0 Å². The van der Waals surface area contributed by atoms with Crippen LogP contribution in [-0.4, -0.2) is 12.7 Å². The molecule has 0 spiro atoms. The number of nitrogens with one attached hydrogen (secondary N) is 1. The van der Waals surface area contributed by atoms with E-state index in [0.29, 0.717) is 6.61 Å². The van der Waals surface area contributed by atoms with Crippen LogP contribution in [0.1, 0.15) is 24.1 Å². The molecular weight excluding hydrogens is 330 g/mol. The van der Waals surface area contributed by atoms with Gasteiger partial charge in [-0.1, -0.05) is 18.2 Å². The maximum Gasteiger partial charge on any atom is 0.138 e. The summed E-state index contributed by atoms with van der Waals surface area (Å²) in [6.45, 7) is 2.68. The lowest BCUT2D eigenvalue weighted by Gasteiger charge is -2.14. The molecule has 2 aliphatic rings. The largest absolute Gasteiger partial charge is 0.490 e. The zero-order chi connectivity index (χ0) is 14.4. The summed E-state index contributed by atoms with van der Waals surface area (Å²) in [7, 11) is 0. The van der Waals surface area contributed by atoms with Crippen molar-refractivity contribution >= 4 is 21.6 Å². The molecule has 0 aromatic heterocycles. The third kappa shape index (κ3) is 2.27. The predicted molar refractivity (Wildman–Crippen MR) is 85.9 cm³/mol. The number of anilines is 1. The van der Waals surface area contributed by atoms with Crippen LogP contribution in [0.25, 0.3) is 0 Å². The third-order valence-corrected chi connectivity index (χ3v) is 4.47. The molecule has 0 saturated heterocycles. The van der Waals surface area contributed by atoms with E-state index in [1.54, 1.807) is 0 Å². The molecule has 3 nitrogen and oxygen atoms in total. The molecule has 1 unspecified atom stereocenters. The van der Waals surface area contributed by atoms with Crippen molar-refractivity contribution in [3.8, 4) is 11.5 Å². The Morgan fingerprint density at radius 1 is 1.24 bits per heavy atom. The average Bonchev–Trinajstić information content (AvgIpc) is 3.02. The van der Waals surface area contributed by atoms with Crippen LogP contribution in [0.3, 0.4) is 0 Å². The Bertz CT molecular complexity index is 701. The summed E-state index contributed by atoms with van der Waals surface area (Å²) in [5.41, 5.74) is 3.40. The Balaban J connectivity index is 1.59. The van der Waals surface area contributed by atoms with Crippen molar-refractivity contribution in [2.24, 2.45) is 0 Å². The zero-order valence-electron chi connectivity index (χ0n) is 11.6. The fourth-order valence-electron chi connectivity index (χ4n) is 2.88. The molecule has 0 saturated carbocycles. The minimum Gasteiger partial charge on any atom is -0.490 e. The first-order chi connectivity index (χ1) is 10.2. The number of para-hydroxylation sites is 1. The lowest BCUT2D eigenvalue weighted by Crippen LogP contribution is -2.11. The first-order valence-electron chi connectivity index (χ1n) is 7.04. The van der Waals surface area contributed by atoms with Gasteiger partial charge in [0.25, 0.3) is 0 Å². The van der Waals surface area contributed by atoms with Crippen molar-refractivity contribution < 1.29 is 9.47 Å². The number of rotatable bonds is 2. The Morgan fingerprint density at radius 2 is 2.14 bits per heavy atom. The molecule has 1 radical (unpaired) electrons. The molecule has 0 bridgehead atoms. The van der Waals surface area contributed by atoms with Gasteiger partial charge >= 0.3 is 0 Å². The fraction of sp³-hybridized carbons (Fsp3) is 0.235. The highest BCUT2D eigenvalue weighted by Gasteiger charge is 2.26. The second-order valence-electron chi connectivity index (χ2n) is 5.41. The highest BCUT2D eigenvalue weighted by molar-refractivity contribution is 9.10. The van der Waals surface area contributed by atoms with E-state index in [0.717, 1.165) is 21.7 Å². The molecule has 0 amide bonds. The molecule has 1 N–H and O–H groups in total. The van der Waals surface area contributed by atoms with E-state index in [1.807, 2.05) is 19.1 Å². The van der Waals surface area contributed by atoms with Crippen LogP contribution in [0.4, 0.5) is 5.69 Å². The van der Waals surface area contributed by atoms with Crippen molar-refractivity contribution in [2.45, 2.75) is 19.1 Å². The molecule has 21 heavy (non-hydrogen) atoms. The Kier molecular flexibility index (Phi) is 3.07. The van der Waals surface area contributed by atoms with Crippen LogP contribution in [0.15, 0.2) is 40.9 Å². The molecular formula is C17H15BrNO2. The molecule has 0 fully saturated rings. The van der Waals surface area contributed by atoms with Crippen molar-refractivity contribution in [2.75, 3.05) is 11.9 Å². The summed E-state index contributed by atoms with van der Waals surface area (Å²) in [4.78, 5) is 0. The third-order valence-electron chi connectivity index (χ3n) is 3.85. The van der Waals surface area contributed by atoms with Gasteiger partial charge in [-0.05, 0) is 35.0 Å². The van der Waals surface area contributed by atoms with Crippen LogP contribution in [0, 0.1) is 6.42 Å². The number of halogens is 1. The van der Waals surface area contributed by atoms with Gasteiger partial charge in [0.1, 0.15) is 24.2 Å². The minimum atomic E-state index is 0.154. The predicted octanol–water partition coefficient (Wildman–Crippen LogP) is 4.33. The summed E-state index contributed by atoms with van der Waals surface area (Å²) in [6.07, 6.45) is 2.28. The molecule has 0 aliphatic carbocycles. The fourth-order valence-corrected chi connectivity index (χ4v) is 3.38. The van der Waals surface area contributed by atoms with Crippen molar-refractivity contribution in [3.05, 3.63) is 58.4 Å². The minimum absolute atomic E-state index is 0.154. The molecule has 4 heteroatoms. The van der Waals surface area contributed by atoms with Crippen molar-refractivity contribution in [1.82, 2.24) is 0 Å². The second-order valence-corrected chi connectivity index (χ2v) is 6.26. The van der Waals surface area contributed by atoms with Crippen molar-refractivity contribution in [3.63, 3.8) is 0 Å². The first kappa shape index (κ1) is 13.0. The summed E-state index contributed by atoms with van der Waals surface area (Å²) in [6, 6.07) is 12.6. The van der Waals surface area contributed by atoms with E-state index in [-0.39, 0.29) is 12.1 Å². The van der Waals surface area contributed by atoms with E-state index in [4.69, 9.17) is 9.47 Å². The summed E-state index contributed by atoms with van der Waals surface area (Å²) in [5.74, 6) is 1.88. The average molecular weight is 345 g/mol. The summed E-state index contributed by atoms with van der Waals surface area (Å²) < 4.78 is 12.5. The summed E-state index contributed by atoms with van der Waals surface area (Å²) >= 11 is 3.53. The van der Waals surface area contributed by atoms with Gasteiger partial charge in [0.05, 0.1) is 10.5 Å². The SMILES string of the molecule is CC1[CH]c2ccc(N[C@@H]3COc4c(Br)cccc43)cc2O1. The molecule has 2 aliphatic heterocycles. The lowest BCUT2D eigenvalue weighted by atomic mass is 10.1. The molecule has 4 rings (SSSR count). The number of fused-ring (bicyclic) bond motifs is 2. The first-order valence-corrected chi connectivity index (χ1v) is 7.83. The van der Waals surface area contributed by atoms with Gasteiger partial charge in [0, 0.05) is 29.3 Å². The second kappa shape index (κ2) is 4.95. The van der Waals surface area contributed by atoms with Gasteiger partial charge in [-0.15, -0.1) is 0 Å². The van der Waals surface area contributed by atoms with Gasteiger partial charge in [-0.25, -0.2) is 0 Å². The normalized spacial score (nSPS) is 22.2. The zero-order valence-corrected chi connectivity index (χ0v) is 13.2. The van der Waals surface area contributed by atoms with Crippen LogP contribution < -0.4 is 14.8 Å². The topological polar surface area (TPSA) is 30.5 Å². The van der Waals surface area contributed by atoms with E-state index < -0.39 is 0 Å². The van der Waals surface area contributed by atoms with E-state index >= 15 is 0 Å². The highest BCUT2D eigenvalue weighted by Crippen LogP contribution is 2.40. The quantitative estimate of drug-likeness (QED) is 0.879. The molecule has 2 atom stereocenters. The molecule has 2 heterocycles. The van der Waals surface area contributed by atoms with Crippen LogP contribution >= 0.6 is 15.9 Å². The van der Waals surface area contributed by atoms with E-state index in [2.05, 4.69) is 51.9 Å². The maximum absolute atomic E-state index is 5.78. The standard InChI is InChI=1S/C17H15BrNO2/c1-10-7-11-5-6-12(8-16(11)21-10)19-15-9-20-17-13(15)3-2-4-14(17)18/h2-8,10,15,19H,9H2,1H3/t10?,15-/m1/s1. The Hall–Kier alpha value is -1.68. The van der Waals surface area contributed by atoms with Gasteiger partial charge in [0.15, 0.2) is 0 Å². The van der Waals surface area contributed by atoms with Crippen LogP contribution in [-0.2, 0) is 0 Å². The van der Waals surface area contributed by atoms with Gasteiger partial charge in [-0.3, -0.25) is 0 Å². The van der Waals surface area contributed by atoms with E-state index in [9.17, 15) is 0 Å². The molecule has 2 aromatic carbocycles. The van der Waals surface area contributed by atoms with E-state index in [1.165, 1.54) is 11.1 Å². The lowest BCUT2D eigenvalue weighted by molar-refractivity contribution is 0.281. The van der Waals surface area contributed by atoms with Gasteiger partial charge < -0.3 is 14.8 Å². The van der Waals surface area contributed by atoms with Crippen LogP contribution in [0.2, 0.25) is 0 Å². The Morgan fingerprint density at radius 3 is 3.05 bits per heavy atom. The number of hydrogen-bond acceptors (Lipinski definition) is 3. The smallest absolute Gasteiger partial charge is 0.138 e. The molecule has 2 aromatic rings. The maximum atomic E-state index is 5.78. The summed E-state index contributed by atoms with van der Waals surface area (Å²) in [5, 5.41) is 3.53. The highest BCUT2D eigenvalue weighted by atomic mass is 79.9. The number of ether oxygens (including phenoxy) is 2. The number of hydrogen-bond donors (Lipinski definition) is 1.